The summed E-state index contributed by atoms with van der Waals surface area (Å²) in [6.45, 7) is 3.88. The van der Waals surface area contributed by atoms with Crippen molar-refractivity contribution in [3.05, 3.63) is 95.6 Å². The minimum atomic E-state index is -0.917. The molecule has 6 rings (SSSR count). The van der Waals surface area contributed by atoms with Crippen LogP contribution in [-0.2, 0) is 14.3 Å². The number of aryl methyl sites for hydroxylation is 1. The number of nitrogens with zero attached hydrogens (tertiary/aromatic N) is 2. The van der Waals surface area contributed by atoms with Crippen molar-refractivity contribution in [2.24, 2.45) is 11.8 Å². The Hall–Kier alpha value is -3.69. The van der Waals surface area contributed by atoms with Crippen LogP contribution in [0, 0.1) is 18.8 Å². The van der Waals surface area contributed by atoms with Crippen molar-refractivity contribution in [2.75, 3.05) is 4.90 Å². The van der Waals surface area contributed by atoms with E-state index >= 15 is 0 Å². The average Bonchev–Trinajstić information content (AvgIpc) is 3.28. The summed E-state index contributed by atoms with van der Waals surface area (Å²) in [6.07, 6.45) is 1.36. The van der Waals surface area contributed by atoms with Gasteiger partial charge in [-0.2, -0.15) is 0 Å². The fraction of sp³-hybridized carbons (Fsp3) is 0.306. The standard InChI is InChI=1S/C36H32Br2N2O5/c1-3-7-32(33(41)22-8-5-4-6-9-22)45-36(44)27-19-31(39-30-15-10-20(2)16-24(27)30)21-11-13-23(14-12-21)40-34(42)25-17-28(37)29(38)18-26(25)35(40)43/h4-6,8-16,19,25-26,28-29,32H,3,7,17-18H2,1-2H3. The van der Waals surface area contributed by atoms with Crippen molar-refractivity contribution < 1.29 is 23.9 Å². The molecule has 230 valence electrons. The number of carbonyl (C=O) groups is 4. The molecule has 3 aromatic carbocycles. The highest BCUT2D eigenvalue weighted by atomic mass is 79.9. The number of hydrogen-bond acceptors (Lipinski definition) is 6. The monoisotopic (exact) mass is 730 g/mol. The van der Waals surface area contributed by atoms with Crippen LogP contribution in [0.15, 0.2) is 78.9 Å². The van der Waals surface area contributed by atoms with Gasteiger partial charge in [0.1, 0.15) is 0 Å². The fourth-order valence-electron chi connectivity index (χ4n) is 6.27. The molecule has 7 nitrogen and oxygen atoms in total. The van der Waals surface area contributed by atoms with Crippen LogP contribution in [0.1, 0.15) is 58.9 Å². The van der Waals surface area contributed by atoms with Crippen LogP contribution >= 0.6 is 31.9 Å². The molecule has 0 bridgehead atoms. The van der Waals surface area contributed by atoms with Gasteiger partial charge in [0.05, 0.1) is 34.3 Å². The van der Waals surface area contributed by atoms with Crippen LogP contribution in [0.25, 0.3) is 22.2 Å². The molecule has 0 radical (unpaired) electrons. The zero-order chi connectivity index (χ0) is 31.8. The fourth-order valence-corrected chi connectivity index (χ4v) is 7.51. The Kier molecular flexibility index (Phi) is 9.02. The number of rotatable bonds is 8. The maximum absolute atomic E-state index is 13.8. The molecule has 1 saturated carbocycles. The molecule has 2 amide bonds. The Morgan fingerprint density at radius 3 is 2.18 bits per heavy atom. The molecule has 5 unspecified atom stereocenters. The maximum atomic E-state index is 13.8. The predicted molar refractivity (Wildman–Crippen MR) is 181 cm³/mol. The van der Waals surface area contributed by atoms with Gasteiger partial charge in [0.15, 0.2) is 6.10 Å². The van der Waals surface area contributed by atoms with Gasteiger partial charge in [-0.25, -0.2) is 9.78 Å². The van der Waals surface area contributed by atoms with Crippen molar-refractivity contribution >= 4 is 72.0 Å². The summed E-state index contributed by atoms with van der Waals surface area (Å²) in [5.41, 5.74) is 4.12. The molecule has 1 saturated heterocycles. The van der Waals surface area contributed by atoms with E-state index in [2.05, 4.69) is 31.9 Å². The second-order valence-electron chi connectivity index (χ2n) is 11.8. The number of benzene rings is 3. The van der Waals surface area contributed by atoms with Gasteiger partial charge in [-0.1, -0.05) is 99.3 Å². The number of ketones is 1. The van der Waals surface area contributed by atoms with Crippen LogP contribution in [0.5, 0.6) is 0 Å². The van der Waals surface area contributed by atoms with Crippen LogP contribution < -0.4 is 4.90 Å². The van der Waals surface area contributed by atoms with Crippen molar-refractivity contribution in [3.63, 3.8) is 0 Å². The number of aromatic nitrogens is 1. The molecular formula is C36H32Br2N2O5. The number of imide groups is 1. The average molecular weight is 732 g/mol. The topological polar surface area (TPSA) is 93.6 Å². The first-order chi connectivity index (χ1) is 21.7. The van der Waals surface area contributed by atoms with Crippen LogP contribution in [0.4, 0.5) is 5.69 Å². The summed E-state index contributed by atoms with van der Waals surface area (Å²) in [5, 5.41) is 0.633. The number of halogens is 2. The van der Waals surface area contributed by atoms with Gasteiger partial charge >= 0.3 is 5.97 Å². The maximum Gasteiger partial charge on any atom is 0.339 e. The number of Topliss-reactive ketones (excluding diaryl/α,β-unsaturated/α-hetero) is 1. The highest BCUT2D eigenvalue weighted by Gasteiger charge is 2.52. The predicted octanol–water partition coefficient (Wildman–Crippen LogP) is 7.85. The number of alkyl halides is 2. The van der Waals surface area contributed by atoms with Gasteiger partial charge in [0.25, 0.3) is 0 Å². The zero-order valence-corrected chi connectivity index (χ0v) is 28.1. The minimum Gasteiger partial charge on any atom is -0.450 e. The summed E-state index contributed by atoms with van der Waals surface area (Å²) < 4.78 is 5.90. The summed E-state index contributed by atoms with van der Waals surface area (Å²) >= 11 is 7.28. The van der Waals surface area contributed by atoms with E-state index in [0.717, 1.165) is 5.56 Å². The third-order valence-electron chi connectivity index (χ3n) is 8.67. The minimum absolute atomic E-state index is 0.134. The van der Waals surface area contributed by atoms with Crippen molar-refractivity contribution in [1.82, 2.24) is 4.98 Å². The van der Waals surface area contributed by atoms with E-state index in [4.69, 9.17) is 9.72 Å². The Labute approximate surface area is 278 Å². The Balaban J connectivity index is 1.31. The molecule has 2 heterocycles. The van der Waals surface area contributed by atoms with Gasteiger partial charge in [0, 0.05) is 26.2 Å². The molecule has 0 N–H and O–H groups in total. The Morgan fingerprint density at radius 2 is 1.56 bits per heavy atom. The number of ether oxygens (including phenoxy) is 1. The zero-order valence-electron chi connectivity index (χ0n) is 24.9. The molecule has 1 aromatic heterocycles. The Bertz CT molecular complexity index is 1760. The van der Waals surface area contributed by atoms with Gasteiger partial charge < -0.3 is 4.74 Å². The van der Waals surface area contributed by atoms with Crippen LogP contribution in [-0.4, -0.2) is 44.3 Å². The third-order valence-corrected chi connectivity index (χ3v) is 11.4. The van der Waals surface area contributed by atoms with Gasteiger partial charge in [0.2, 0.25) is 17.6 Å². The van der Waals surface area contributed by atoms with E-state index < -0.39 is 12.1 Å². The highest BCUT2D eigenvalue weighted by Crippen LogP contribution is 2.44. The lowest BCUT2D eigenvalue weighted by Crippen LogP contribution is -2.34. The lowest BCUT2D eigenvalue weighted by molar-refractivity contribution is -0.122. The molecular weight excluding hydrogens is 700 g/mol. The number of esters is 1. The molecule has 45 heavy (non-hydrogen) atoms. The molecule has 1 aliphatic heterocycles. The molecule has 0 spiro atoms. The van der Waals surface area contributed by atoms with E-state index in [0.29, 0.717) is 64.7 Å². The third kappa shape index (κ3) is 6.12. The number of hydrogen-bond donors (Lipinski definition) is 0. The largest absolute Gasteiger partial charge is 0.450 e. The molecule has 2 aliphatic rings. The lowest BCUT2D eigenvalue weighted by Gasteiger charge is -2.29. The van der Waals surface area contributed by atoms with E-state index in [1.54, 1.807) is 54.6 Å². The first-order valence-corrected chi connectivity index (χ1v) is 17.0. The summed E-state index contributed by atoms with van der Waals surface area (Å²) in [6, 6.07) is 23.3. The number of pyridine rings is 1. The highest BCUT2D eigenvalue weighted by molar-refractivity contribution is 9.12. The van der Waals surface area contributed by atoms with Gasteiger partial charge in [-0.05, 0) is 56.5 Å². The van der Waals surface area contributed by atoms with E-state index in [1.165, 1.54) is 4.90 Å². The molecule has 9 heteroatoms. The van der Waals surface area contributed by atoms with E-state index in [1.807, 2.05) is 38.1 Å². The smallest absolute Gasteiger partial charge is 0.339 e. The molecule has 4 aromatic rings. The van der Waals surface area contributed by atoms with E-state index in [9.17, 15) is 19.2 Å². The Morgan fingerprint density at radius 1 is 0.911 bits per heavy atom. The first kappa shape index (κ1) is 31.3. The number of carbonyl (C=O) groups excluding carboxylic acids is 4. The summed E-state index contributed by atoms with van der Waals surface area (Å²) in [7, 11) is 0. The quantitative estimate of drug-likeness (QED) is 0.0794. The second kappa shape index (κ2) is 13.0. The van der Waals surface area contributed by atoms with Crippen LogP contribution in [0.2, 0.25) is 0 Å². The van der Waals surface area contributed by atoms with Crippen molar-refractivity contribution in [2.45, 2.75) is 55.3 Å². The SMILES string of the molecule is CCCC(OC(=O)c1cc(-c2ccc(N3C(=O)C4CC(Br)C(Br)CC4C3=O)cc2)nc2ccc(C)cc12)C(=O)c1ccccc1. The summed E-state index contributed by atoms with van der Waals surface area (Å²) in [4.78, 5) is 60.0. The molecule has 1 aliphatic carbocycles. The summed E-state index contributed by atoms with van der Waals surface area (Å²) in [5.74, 6) is -1.84. The normalized spacial score (nSPS) is 21.9. The lowest BCUT2D eigenvalue weighted by atomic mass is 9.81. The number of anilines is 1. The molecule has 2 fully saturated rings. The van der Waals surface area contributed by atoms with Crippen molar-refractivity contribution in [1.29, 1.82) is 0 Å². The van der Waals surface area contributed by atoms with E-state index in [-0.39, 0.29) is 39.1 Å². The molecule has 5 atom stereocenters. The second-order valence-corrected chi connectivity index (χ2v) is 14.1. The van der Waals surface area contributed by atoms with Gasteiger partial charge in [-0.3, -0.25) is 19.3 Å². The van der Waals surface area contributed by atoms with Gasteiger partial charge in [-0.15, -0.1) is 0 Å². The number of fused-ring (bicyclic) bond motifs is 2. The van der Waals surface area contributed by atoms with Crippen LogP contribution in [0.3, 0.4) is 0 Å². The van der Waals surface area contributed by atoms with Crippen molar-refractivity contribution in [3.8, 4) is 11.3 Å². The number of amides is 2. The first-order valence-electron chi connectivity index (χ1n) is 15.1.